The van der Waals surface area contributed by atoms with Crippen molar-refractivity contribution in [3.05, 3.63) is 23.8 Å². The monoisotopic (exact) mass is 306 g/mol. The zero-order valence-electron chi connectivity index (χ0n) is 14.1. The predicted octanol–water partition coefficient (Wildman–Crippen LogP) is 3.17. The van der Waals surface area contributed by atoms with Crippen molar-refractivity contribution >= 4 is 0 Å². The van der Waals surface area contributed by atoms with Gasteiger partial charge in [0, 0.05) is 32.2 Å². The predicted molar refractivity (Wildman–Crippen MR) is 90.5 cm³/mol. The number of hydrogen-bond acceptors (Lipinski definition) is 4. The zero-order chi connectivity index (χ0) is 15.9. The Morgan fingerprint density at radius 1 is 1.23 bits per heavy atom. The van der Waals surface area contributed by atoms with Crippen LogP contribution in [0.25, 0.3) is 0 Å². The Balaban J connectivity index is 2.20. The number of phenolic OH excluding ortho intramolecular Hbond substituents is 1. The first kappa shape index (κ1) is 17.1. The lowest BCUT2D eigenvalue weighted by molar-refractivity contribution is 0.159. The minimum Gasteiger partial charge on any atom is -0.504 e. The first-order valence-corrected chi connectivity index (χ1v) is 8.52. The lowest BCUT2D eigenvalue weighted by atomic mass is 9.95. The molecule has 0 unspecified atom stereocenters. The Bertz CT molecular complexity index is 456. The lowest BCUT2D eigenvalue weighted by Gasteiger charge is -2.36. The van der Waals surface area contributed by atoms with Crippen LogP contribution in [0.3, 0.4) is 0 Å². The van der Waals surface area contributed by atoms with Crippen molar-refractivity contribution < 1.29 is 9.84 Å². The summed E-state index contributed by atoms with van der Waals surface area (Å²) in [5, 5.41) is 13.3. The maximum absolute atomic E-state index is 9.93. The molecule has 0 saturated carbocycles. The minimum atomic E-state index is 0.230. The van der Waals surface area contributed by atoms with Gasteiger partial charge >= 0.3 is 0 Å². The van der Waals surface area contributed by atoms with Crippen LogP contribution in [-0.2, 0) is 0 Å². The van der Waals surface area contributed by atoms with Gasteiger partial charge in [0.05, 0.1) is 6.61 Å². The molecule has 1 aromatic carbocycles. The molecule has 22 heavy (non-hydrogen) atoms. The van der Waals surface area contributed by atoms with Gasteiger partial charge in [0.1, 0.15) is 0 Å². The highest BCUT2D eigenvalue weighted by Gasteiger charge is 2.23. The smallest absolute Gasteiger partial charge is 0.161 e. The van der Waals surface area contributed by atoms with Gasteiger partial charge in [0.2, 0.25) is 0 Å². The number of rotatable bonds is 7. The third kappa shape index (κ3) is 4.62. The van der Waals surface area contributed by atoms with Crippen LogP contribution in [0.2, 0.25) is 0 Å². The van der Waals surface area contributed by atoms with Gasteiger partial charge in [-0.25, -0.2) is 0 Å². The van der Waals surface area contributed by atoms with E-state index in [1.165, 1.54) is 12.0 Å². The van der Waals surface area contributed by atoms with Gasteiger partial charge in [-0.1, -0.05) is 19.9 Å². The maximum atomic E-state index is 9.93. The van der Waals surface area contributed by atoms with Crippen molar-refractivity contribution in [1.82, 2.24) is 10.2 Å². The molecule has 1 aliphatic rings. The van der Waals surface area contributed by atoms with Crippen LogP contribution in [0.4, 0.5) is 0 Å². The molecular formula is C18H30N2O2. The van der Waals surface area contributed by atoms with E-state index in [4.69, 9.17) is 4.74 Å². The summed E-state index contributed by atoms with van der Waals surface area (Å²) in [6.07, 6.45) is 2.35. The fourth-order valence-corrected chi connectivity index (χ4v) is 3.05. The number of phenols is 1. The molecule has 4 nitrogen and oxygen atoms in total. The Kier molecular flexibility index (Phi) is 6.52. The quantitative estimate of drug-likeness (QED) is 0.812. The molecule has 1 atom stereocenters. The van der Waals surface area contributed by atoms with Crippen molar-refractivity contribution in [3.63, 3.8) is 0 Å². The SMILES string of the molecule is CCOc1cc([C@H](CCC(C)C)N2CCNCC2)ccc1O. The highest BCUT2D eigenvalue weighted by molar-refractivity contribution is 5.42. The van der Waals surface area contributed by atoms with Gasteiger partial charge in [-0.3, -0.25) is 4.90 Å². The first-order valence-electron chi connectivity index (χ1n) is 8.52. The number of piperazine rings is 1. The normalized spacial score (nSPS) is 17.6. The van der Waals surface area contributed by atoms with E-state index in [1.54, 1.807) is 6.07 Å². The molecular weight excluding hydrogens is 276 g/mol. The highest BCUT2D eigenvalue weighted by Crippen LogP contribution is 2.34. The van der Waals surface area contributed by atoms with Crippen LogP contribution >= 0.6 is 0 Å². The number of ether oxygens (including phenoxy) is 1. The van der Waals surface area contributed by atoms with Gasteiger partial charge in [-0.05, 0) is 43.4 Å². The molecule has 0 amide bonds. The van der Waals surface area contributed by atoms with E-state index in [1.807, 2.05) is 19.1 Å². The number of nitrogens with one attached hydrogen (secondary N) is 1. The molecule has 1 saturated heterocycles. The third-order valence-electron chi connectivity index (χ3n) is 4.28. The van der Waals surface area contributed by atoms with Gasteiger partial charge in [-0.15, -0.1) is 0 Å². The fraction of sp³-hybridized carbons (Fsp3) is 0.667. The number of nitrogens with zero attached hydrogens (tertiary/aromatic N) is 1. The van der Waals surface area contributed by atoms with Crippen molar-refractivity contribution in [2.24, 2.45) is 5.92 Å². The third-order valence-corrected chi connectivity index (χ3v) is 4.28. The second-order valence-corrected chi connectivity index (χ2v) is 6.43. The second kappa shape index (κ2) is 8.39. The van der Waals surface area contributed by atoms with Gasteiger partial charge in [-0.2, -0.15) is 0 Å². The summed E-state index contributed by atoms with van der Waals surface area (Å²) in [7, 11) is 0. The Labute approximate surface area is 134 Å². The summed E-state index contributed by atoms with van der Waals surface area (Å²) in [6.45, 7) is 11.3. The van der Waals surface area contributed by atoms with E-state index >= 15 is 0 Å². The molecule has 1 aromatic rings. The topological polar surface area (TPSA) is 44.7 Å². The maximum Gasteiger partial charge on any atom is 0.161 e. The molecule has 1 fully saturated rings. The number of aromatic hydroxyl groups is 1. The molecule has 0 aliphatic carbocycles. The lowest BCUT2D eigenvalue weighted by Crippen LogP contribution is -2.45. The van der Waals surface area contributed by atoms with Crippen LogP contribution in [0.5, 0.6) is 11.5 Å². The molecule has 0 bridgehead atoms. The standard InChI is InChI=1S/C18H30N2O2/c1-4-22-18-13-15(6-8-17(18)21)16(7-5-14(2)3)20-11-9-19-10-12-20/h6,8,13-14,16,19,21H,4-5,7,9-12H2,1-3H3/t16-/m0/s1. The summed E-state index contributed by atoms with van der Waals surface area (Å²) in [4.78, 5) is 2.56. The molecule has 2 rings (SSSR count). The molecule has 0 radical (unpaired) electrons. The molecule has 0 aromatic heterocycles. The molecule has 0 spiro atoms. The number of benzene rings is 1. The molecule has 4 heteroatoms. The molecule has 124 valence electrons. The van der Waals surface area contributed by atoms with E-state index < -0.39 is 0 Å². The van der Waals surface area contributed by atoms with E-state index in [0.29, 0.717) is 24.3 Å². The second-order valence-electron chi connectivity index (χ2n) is 6.43. The van der Waals surface area contributed by atoms with Gasteiger partial charge in [0.15, 0.2) is 11.5 Å². The average molecular weight is 306 g/mol. The summed E-state index contributed by atoms with van der Waals surface area (Å²) < 4.78 is 5.56. The Morgan fingerprint density at radius 2 is 1.95 bits per heavy atom. The summed E-state index contributed by atoms with van der Waals surface area (Å²) in [5.74, 6) is 1.53. The summed E-state index contributed by atoms with van der Waals surface area (Å²) in [6, 6.07) is 6.24. The van der Waals surface area contributed by atoms with Crippen LogP contribution in [0.1, 0.15) is 45.2 Å². The van der Waals surface area contributed by atoms with Crippen LogP contribution in [0.15, 0.2) is 18.2 Å². The van der Waals surface area contributed by atoms with E-state index in [0.717, 1.165) is 32.6 Å². The Hall–Kier alpha value is -1.26. The highest BCUT2D eigenvalue weighted by atomic mass is 16.5. The van der Waals surface area contributed by atoms with E-state index in [-0.39, 0.29) is 5.75 Å². The molecule has 1 aliphatic heterocycles. The van der Waals surface area contributed by atoms with Crippen LogP contribution in [0, 0.1) is 5.92 Å². The van der Waals surface area contributed by atoms with Crippen molar-refractivity contribution in [3.8, 4) is 11.5 Å². The van der Waals surface area contributed by atoms with Crippen molar-refractivity contribution in [2.75, 3.05) is 32.8 Å². The largest absolute Gasteiger partial charge is 0.504 e. The van der Waals surface area contributed by atoms with E-state index in [2.05, 4.69) is 24.1 Å². The van der Waals surface area contributed by atoms with Crippen LogP contribution < -0.4 is 10.1 Å². The zero-order valence-corrected chi connectivity index (χ0v) is 14.1. The summed E-state index contributed by atoms with van der Waals surface area (Å²) >= 11 is 0. The average Bonchev–Trinajstić information content (AvgIpc) is 2.51. The minimum absolute atomic E-state index is 0.230. The van der Waals surface area contributed by atoms with Crippen molar-refractivity contribution in [1.29, 1.82) is 0 Å². The van der Waals surface area contributed by atoms with E-state index in [9.17, 15) is 5.11 Å². The fourth-order valence-electron chi connectivity index (χ4n) is 3.05. The van der Waals surface area contributed by atoms with Crippen LogP contribution in [-0.4, -0.2) is 42.8 Å². The number of hydrogen-bond donors (Lipinski definition) is 2. The molecule has 1 heterocycles. The van der Waals surface area contributed by atoms with Gasteiger partial charge < -0.3 is 15.2 Å². The van der Waals surface area contributed by atoms with Crippen molar-refractivity contribution in [2.45, 2.75) is 39.7 Å². The Morgan fingerprint density at radius 3 is 2.59 bits per heavy atom. The molecule has 2 N–H and O–H groups in total. The first-order chi connectivity index (χ1) is 10.6. The van der Waals surface area contributed by atoms with Gasteiger partial charge in [0.25, 0.3) is 0 Å². The summed E-state index contributed by atoms with van der Waals surface area (Å²) in [5.41, 5.74) is 1.25.